The average Bonchev–Trinajstić information content (AvgIpc) is 1.52. The van der Waals surface area contributed by atoms with Crippen LogP contribution in [0.25, 0.3) is 162 Å². The van der Waals surface area contributed by atoms with Crippen LogP contribution in [0.1, 0.15) is 244 Å². The fourth-order valence-corrected chi connectivity index (χ4v) is 25.2. The normalized spacial score (nSPS) is 12.2. The third kappa shape index (κ3) is 21.2. The number of ether oxygens (including phenoxy) is 2. The van der Waals surface area contributed by atoms with Crippen molar-refractivity contribution in [3.8, 4) is 132 Å². The first-order valence-electron chi connectivity index (χ1n) is 54.4. The highest BCUT2D eigenvalue weighted by Gasteiger charge is 2.47. The van der Waals surface area contributed by atoms with E-state index in [0.717, 1.165) is 76.1 Å². The van der Waals surface area contributed by atoms with Crippen molar-refractivity contribution < 1.29 is 9.47 Å². The van der Waals surface area contributed by atoms with Crippen molar-refractivity contribution >= 4 is 87.3 Å². The lowest BCUT2D eigenvalue weighted by Crippen LogP contribution is -2.28. The summed E-state index contributed by atoms with van der Waals surface area (Å²) >= 11 is 3.74. The van der Waals surface area contributed by atoms with Gasteiger partial charge in [0, 0.05) is 25.1 Å². The first-order valence-corrected chi connectivity index (χ1v) is 56.1. The van der Waals surface area contributed by atoms with Gasteiger partial charge < -0.3 is 9.47 Å². The number of fused-ring (bicyclic) bond motifs is 9. The SMILES string of the molecule is CC#Cc1ccc2c(c1)C(c1ccc(Oc3ccc4cc(-c5c6ccc(CCCCCCCC)cc6c(-c6ccc(-c7ccc(-c8ccccc8)s7)cc6)c6ccc(CCCCCCCC)cc56)ccc4c3)cc1)(c1ccc(Oc3ccc4cc(-c5c6ccc(CCCCCCCC)cc6c(-c6ccc(-c7ccc(-c8ccccc8)s7)cc6)c6ccc(CCCCCCCC)cc56)ccc4c3)cc1)c1cc(C)ccc1-2. The lowest BCUT2D eigenvalue weighted by Gasteiger charge is -2.34. The Hall–Kier alpha value is -13.9. The van der Waals surface area contributed by atoms with Crippen molar-refractivity contribution in [2.24, 2.45) is 0 Å². The highest BCUT2D eigenvalue weighted by molar-refractivity contribution is 7.19. The Morgan fingerprint density at radius 3 is 0.903 bits per heavy atom. The highest BCUT2D eigenvalue weighted by atomic mass is 32.1. The van der Waals surface area contributed by atoms with E-state index in [1.54, 1.807) is 0 Å². The number of thiophene rings is 2. The zero-order valence-electron chi connectivity index (χ0n) is 85.6. The Bertz CT molecular complexity index is 7620. The van der Waals surface area contributed by atoms with Crippen molar-refractivity contribution in [1.29, 1.82) is 0 Å². The van der Waals surface area contributed by atoms with Gasteiger partial charge in [-0.05, 0) is 349 Å². The summed E-state index contributed by atoms with van der Waals surface area (Å²) in [4.78, 5) is 5.14. The first-order chi connectivity index (χ1) is 71.5. The molecule has 0 N–H and O–H groups in total. The van der Waals surface area contributed by atoms with Crippen LogP contribution < -0.4 is 9.47 Å². The van der Waals surface area contributed by atoms with E-state index in [1.165, 1.54) is 344 Å². The lowest BCUT2D eigenvalue weighted by atomic mass is 9.67. The monoisotopic (exact) mass is 1920 g/mol. The van der Waals surface area contributed by atoms with Crippen LogP contribution in [-0.4, -0.2) is 0 Å². The molecule has 0 amide bonds. The summed E-state index contributed by atoms with van der Waals surface area (Å²) in [6.07, 6.45) is 34.8. The summed E-state index contributed by atoms with van der Waals surface area (Å²) in [6, 6.07) is 139. The number of unbranched alkanes of at least 4 members (excludes halogenated alkanes) is 20. The van der Waals surface area contributed by atoms with E-state index in [9.17, 15) is 0 Å². The Labute approximate surface area is 868 Å². The minimum absolute atomic E-state index is 0.723. The van der Waals surface area contributed by atoms with Gasteiger partial charge in [0.05, 0.1) is 5.41 Å². The van der Waals surface area contributed by atoms with Gasteiger partial charge in [-0.25, -0.2) is 0 Å². The number of hydrogen-bond donors (Lipinski definition) is 0. The molecule has 2 heterocycles. The molecule has 2 nitrogen and oxygen atoms in total. The predicted molar refractivity (Wildman–Crippen MR) is 627 cm³/mol. The standard InChI is InChI=1S/C141H134O2S2/c1-7-12-16-20-24-30-39-99-51-81-125-127(88-99)137(107-57-53-105(54-58-107)135-85-83-133(144-135)103-43-34-28-35-44-103)123-79-49-101(41-32-26-22-18-14-9-3)90-129(123)139(125)113-63-61-111-95-119(71-65-109(111)93-113)142-117-73-67-115(68-74-117)141(131-87-97(6)47-77-121(131)122-78-48-98(38-11-5)92-132(122)141)116-69-75-118(76-70-116)143-120-72-66-110-94-114(64-62-112(110)96-120)140-126-82-52-100(40-31-25-21-17-13-8-2)89-128(126)138(124-80-50-102(91-130(124)140)42-33-27-23-19-15-10-4)108-59-55-106(56-60-108)136-86-84-134(145-136)104-45-36-29-37-46-104/h28-29,34-37,43-96H,7-10,12-27,30-33,39-42H2,1-6H3. The molecule has 0 bridgehead atoms. The molecule has 0 radical (unpaired) electrons. The molecule has 20 aromatic rings. The summed E-state index contributed by atoms with van der Waals surface area (Å²) < 4.78 is 14.1. The van der Waals surface area contributed by atoms with E-state index in [2.05, 4.69) is 410 Å². The van der Waals surface area contributed by atoms with Crippen LogP contribution in [0, 0.1) is 18.8 Å². The maximum atomic E-state index is 7.04. The first kappa shape index (κ1) is 97.2. The number of rotatable bonds is 42. The third-order valence-electron chi connectivity index (χ3n) is 30.8. The number of aryl methyl sites for hydroxylation is 5. The van der Waals surface area contributed by atoms with Crippen molar-refractivity contribution in [2.75, 3.05) is 0 Å². The van der Waals surface area contributed by atoms with Gasteiger partial charge in [0.2, 0.25) is 0 Å². The van der Waals surface area contributed by atoms with Gasteiger partial charge in [0.25, 0.3) is 0 Å². The molecule has 18 aromatic carbocycles. The molecule has 0 saturated heterocycles. The summed E-state index contributed by atoms with van der Waals surface area (Å²) in [5, 5.41) is 15.1. The second kappa shape index (κ2) is 45.6. The molecule has 0 atom stereocenters. The van der Waals surface area contributed by atoms with Crippen molar-refractivity contribution in [3.05, 3.63) is 420 Å². The smallest absolute Gasteiger partial charge is 0.128 e. The Balaban J connectivity index is 0.590. The van der Waals surface area contributed by atoms with Crippen molar-refractivity contribution in [3.63, 3.8) is 0 Å². The highest BCUT2D eigenvalue weighted by Crippen LogP contribution is 2.58. The minimum atomic E-state index is -0.723. The van der Waals surface area contributed by atoms with Gasteiger partial charge in [-0.2, -0.15) is 0 Å². The van der Waals surface area contributed by atoms with Crippen LogP contribution >= 0.6 is 22.7 Å². The fourth-order valence-electron chi connectivity index (χ4n) is 23.2. The van der Waals surface area contributed by atoms with Gasteiger partial charge in [-0.3, -0.25) is 0 Å². The molecule has 0 aliphatic heterocycles. The summed E-state index contributed by atoms with van der Waals surface area (Å²) in [7, 11) is 0. The molecule has 1 aliphatic carbocycles. The lowest BCUT2D eigenvalue weighted by molar-refractivity contribution is 0.482. The molecular weight excluding hydrogens is 1790 g/mol. The maximum absolute atomic E-state index is 7.04. The molecular formula is C141H134O2S2. The second-order valence-corrected chi connectivity index (χ2v) is 43.1. The average molecular weight is 1920 g/mol. The van der Waals surface area contributed by atoms with E-state index >= 15 is 0 Å². The molecule has 21 rings (SSSR count). The number of benzene rings is 18. The maximum Gasteiger partial charge on any atom is 0.128 e. The predicted octanol–water partition coefficient (Wildman–Crippen LogP) is 42.3. The molecule has 0 fully saturated rings. The van der Waals surface area contributed by atoms with Crippen LogP contribution in [0.15, 0.2) is 364 Å². The fraction of sp³-hybridized carbons (Fsp3) is 0.248. The van der Waals surface area contributed by atoms with Gasteiger partial charge in [-0.15, -0.1) is 28.6 Å². The largest absolute Gasteiger partial charge is 0.457 e. The van der Waals surface area contributed by atoms with Crippen molar-refractivity contribution in [2.45, 2.75) is 227 Å². The Kier molecular flexibility index (Phi) is 30.5. The molecule has 0 spiro atoms. The zero-order valence-corrected chi connectivity index (χ0v) is 87.2. The van der Waals surface area contributed by atoms with Crippen LogP contribution in [0.4, 0.5) is 0 Å². The van der Waals surface area contributed by atoms with Crippen LogP contribution in [0.5, 0.6) is 23.0 Å². The molecule has 145 heavy (non-hydrogen) atoms. The van der Waals surface area contributed by atoms with E-state index in [4.69, 9.17) is 9.47 Å². The Morgan fingerprint density at radius 1 is 0.234 bits per heavy atom. The molecule has 722 valence electrons. The van der Waals surface area contributed by atoms with Crippen molar-refractivity contribution in [1.82, 2.24) is 0 Å². The number of hydrogen-bond acceptors (Lipinski definition) is 4. The summed E-state index contributed by atoms with van der Waals surface area (Å²) in [6.45, 7) is 13.4. The van der Waals surface area contributed by atoms with E-state index < -0.39 is 5.41 Å². The van der Waals surface area contributed by atoms with Gasteiger partial charge in [0.1, 0.15) is 23.0 Å². The van der Waals surface area contributed by atoms with Gasteiger partial charge in [0.15, 0.2) is 0 Å². The van der Waals surface area contributed by atoms with E-state index in [-0.39, 0.29) is 0 Å². The van der Waals surface area contributed by atoms with E-state index in [1.807, 2.05) is 29.6 Å². The summed E-state index contributed by atoms with van der Waals surface area (Å²) in [5.74, 6) is 9.82. The Morgan fingerprint density at radius 2 is 0.538 bits per heavy atom. The molecule has 0 unspecified atom stereocenters. The summed E-state index contributed by atoms with van der Waals surface area (Å²) in [5.41, 5.74) is 29.5. The second-order valence-electron chi connectivity index (χ2n) is 40.9. The minimum Gasteiger partial charge on any atom is -0.457 e. The van der Waals surface area contributed by atoms with Crippen LogP contribution in [0.3, 0.4) is 0 Å². The quantitative estimate of drug-likeness (QED) is 0.0216. The van der Waals surface area contributed by atoms with E-state index in [0.29, 0.717) is 0 Å². The molecule has 4 heteroatoms. The van der Waals surface area contributed by atoms with Gasteiger partial charge in [-0.1, -0.05) is 435 Å². The topological polar surface area (TPSA) is 18.5 Å². The third-order valence-corrected chi connectivity index (χ3v) is 33.2. The molecule has 2 aromatic heterocycles. The van der Waals surface area contributed by atoms with Gasteiger partial charge >= 0.3 is 0 Å². The van der Waals surface area contributed by atoms with Crippen LogP contribution in [0.2, 0.25) is 0 Å². The van der Waals surface area contributed by atoms with Crippen LogP contribution in [-0.2, 0) is 31.1 Å². The molecule has 1 aliphatic rings. The molecule has 0 saturated carbocycles. The zero-order chi connectivity index (χ0) is 98.4.